The zero-order valence-electron chi connectivity index (χ0n) is 7.68. The average Bonchev–Trinajstić information content (AvgIpc) is 2.45. The smallest absolute Gasteiger partial charge is 0.156 e. The SMILES string of the molecule is CCCCC=CC1=CC(=O)CC1. The van der Waals surface area contributed by atoms with Crippen LogP contribution in [0.25, 0.3) is 0 Å². The zero-order valence-corrected chi connectivity index (χ0v) is 7.68. The molecule has 0 unspecified atom stereocenters. The molecule has 0 fully saturated rings. The fraction of sp³-hybridized carbons (Fsp3) is 0.545. The van der Waals surface area contributed by atoms with Crippen LogP contribution in [0, 0.1) is 0 Å². The van der Waals surface area contributed by atoms with E-state index in [4.69, 9.17) is 0 Å². The molecule has 0 heterocycles. The van der Waals surface area contributed by atoms with E-state index in [0.717, 1.165) is 12.8 Å². The summed E-state index contributed by atoms with van der Waals surface area (Å²) in [4.78, 5) is 10.8. The highest BCUT2D eigenvalue weighted by Crippen LogP contribution is 2.16. The lowest BCUT2D eigenvalue weighted by molar-refractivity contribution is -0.114. The average molecular weight is 164 g/mol. The van der Waals surface area contributed by atoms with Crippen LogP contribution in [-0.2, 0) is 4.79 Å². The fourth-order valence-corrected chi connectivity index (χ4v) is 1.31. The molecular weight excluding hydrogens is 148 g/mol. The van der Waals surface area contributed by atoms with Gasteiger partial charge in [-0.05, 0) is 24.5 Å². The molecule has 0 spiro atoms. The van der Waals surface area contributed by atoms with Crippen LogP contribution < -0.4 is 0 Å². The molecule has 0 bridgehead atoms. The van der Waals surface area contributed by atoms with Crippen molar-refractivity contribution in [3.05, 3.63) is 23.8 Å². The van der Waals surface area contributed by atoms with Gasteiger partial charge < -0.3 is 0 Å². The summed E-state index contributed by atoms with van der Waals surface area (Å²) in [6, 6.07) is 0. The Labute approximate surface area is 74.2 Å². The van der Waals surface area contributed by atoms with Crippen molar-refractivity contribution in [2.45, 2.75) is 39.0 Å². The molecule has 1 nitrogen and oxygen atoms in total. The number of rotatable bonds is 4. The van der Waals surface area contributed by atoms with E-state index in [1.54, 1.807) is 6.08 Å². The molecule has 0 aromatic heterocycles. The molecule has 12 heavy (non-hydrogen) atoms. The van der Waals surface area contributed by atoms with Crippen LogP contribution in [0.2, 0.25) is 0 Å². The molecule has 0 radical (unpaired) electrons. The van der Waals surface area contributed by atoms with Crippen LogP contribution >= 0.6 is 0 Å². The van der Waals surface area contributed by atoms with Gasteiger partial charge in [-0.15, -0.1) is 0 Å². The van der Waals surface area contributed by atoms with Crippen LogP contribution in [0.3, 0.4) is 0 Å². The molecule has 0 aromatic rings. The summed E-state index contributed by atoms with van der Waals surface area (Å²) in [6.45, 7) is 2.19. The van der Waals surface area contributed by atoms with E-state index in [1.165, 1.54) is 18.4 Å². The van der Waals surface area contributed by atoms with Crippen LogP contribution in [0.15, 0.2) is 23.8 Å². The van der Waals surface area contributed by atoms with Crippen molar-refractivity contribution >= 4 is 5.78 Å². The first-order chi connectivity index (χ1) is 5.83. The predicted molar refractivity (Wildman–Crippen MR) is 51.0 cm³/mol. The summed E-state index contributed by atoms with van der Waals surface area (Å²) < 4.78 is 0. The lowest BCUT2D eigenvalue weighted by Gasteiger charge is -1.90. The van der Waals surface area contributed by atoms with Gasteiger partial charge in [0.2, 0.25) is 0 Å². The molecule has 0 aromatic carbocycles. The number of hydrogen-bond donors (Lipinski definition) is 0. The van der Waals surface area contributed by atoms with Gasteiger partial charge >= 0.3 is 0 Å². The van der Waals surface area contributed by atoms with E-state index >= 15 is 0 Å². The van der Waals surface area contributed by atoms with E-state index in [1.807, 2.05) is 0 Å². The summed E-state index contributed by atoms with van der Waals surface area (Å²) >= 11 is 0. The van der Waals surface area contributed by atoms with Crippen molar-refractivity contribution in [1.29, 1.82) is 0 Å². The van der Waals surface area contributed by atoms with Crippen molar-refractivity contribution < 1.29 is 4.79 Å². The maximum atomic E-state index is 10.8. The lowest BCUT2D eigenvalue weighted by Crippen LogP contribution is -1.80. The van der Waals surface area contributed by atoms with E-state index in [0.29, 0.717) is 6.42 Å². The Morgan fingerprint density at radius 2 is 2.33 bits per heavy atom. The standard InChI is InChI=1S/C11H16O/c1-2-3-4-5-6-10-7-8-11(12)9-10/h5-6,9H,2-4,7-8H2,1H3. The van der Waals surface area contributed by atoms with Crippen molar-refractivity contribution in [3.8, 4) is 0 Å². The molecule has 0 saturated heterocycles. The molecular formula is C11H16O. The van der Waals surface area contributed by atoms with Crippen molar-refractivity contribution in [2.24, 2.45) is 0 Å². The summed E-state index contributed by atoms with van der Waals surface area (Å²) in [6.07, 6.45) is 11.3. The molecule has 0 amide bonds. The first kappa shape index (κ1) is 9.24. The minimum absolute atomic E-state index is 0.283. The van der Waals surface area contributed by atoms with Crippen LogP contribution in [0.1, 0.15) is 39.0 Å². The van der Waals surface area contributed by atoms with Gasteiger partial charge in [-0.25, -0.2) is 0 Å². The molecule has 1 aliphatic rings. The number of allylic oxidation sites excluding steroid dienone is 4. The highest BCUT2D eigenvalue weighted by molar-refractivity contribution is 5.93. The van der Waals surface area contributed by atoms with E-state index in [9.17, 15) is 4.79 Å². The minimum atomic E-state index is 0.283. The van der Waals surface area contributed by atoms with E-state index < -0.39 is 0 Å². The van der Waals surface area contributed by atoms with Crippen LogP contribution in [0.5, 0.6) is 0 Å². The molecule has 1 heteroatoms. The Bertz CT molecular complexity index is 211. The van der Waals surface area contributed by atoms with E-state index in [2.05, 4.69) is 19.1 Å². The third-order valence-corrected chi connectivity index (χ3v) is 2.06. The highest BCUT2D eigenvalue weighted by atomic mass is 16.1. The molecule has 0 N–H and O–H groups in total. The van der Waals surface area contributed by atoms with Gasteiger partial charge in [0.05, 0.1) is 0 Å². The van der Waals surface area contributed by atoms with Gasteiger partial charge in [0.1, 0.15) is 0 Å². The van der Waals surface area contributed by atoms with Crippen LogP contribution in [0.4, 0.5) is 0 Å². The molecule has 1 aliphatic carbocycles. The topological polar surface area (TPSA) is 17.1 Å². The van der Waals surface area contributed by atoms with Gasteiger partial charge in [0.25, 0.3) is 0 Å². The molecule has 66 valence electrons. The van der Waals surface area contributed by atoms with Crippen molar-refractivity contribution in [1.82, 2.24) is 0 Å². The third kappa shape index (κ3) is 3.04. The van der Waals surface area contributed by atoms with Gasteiger partial charge in [0.15, 0.2) is 5.78 Å². The van der Waals surface area contributed by atoms with Crippen LogP contribution in [-0.4, -0.2) is 5.78 Å². The van der Waals surface area contributed by atoms with Gasteiger partial charge in [0, 0.05) is 6.42 Å². The van der Waals surface area contributed by atoms with Crippen molar-refractivity contribution in [3.63, 3.8) is 0 Å². The fourth-order valence-electron chi connectivity index (χ4n) is 1.31. The highest BCUT2D eigenvalue weighted by Gasteiger charge is 2.08. The second-order valence-corrected chi connectivity index (χ2v) is 3.23. The monoisotopic (exact) mass is 164 g/mol. The Balaban J connectivity index is 2.26. The molecule has 0 atom stereocenters. The summed E-state index contributed by atoms with van der Waals surface area (Å²) in [5.41, 5.74) is 1.20. The second-order valence-electron chi connectivity index (χ2n) is 3.23. The number of carbonyl (C=O) groups excluding carboxylic acids is 1. The lowest BCUT2D eigenvalue weighted by atomic mass is 10.2. The van der Waals surface area contributed by atoms with E-state index in [-0.39, 0.29) is 5.78 Å². The molecule has 0 aliphatic heterocycles. The predicted octanol–water partition coefficient (Wildman–Crippen LogP) is 3.02. The molecule has 0 saturated carbocycles. The number of hydrogen-bond acceptors (Lipinski definition) is 1. The zero-order chi connectivity index (χ0) is 8.81. The van der Waals surface area contributed by atoms with Crippen molar-refractivity contribution in [2.75, 3.05) is 0 Å². The quantitative estimate of drug-likeness (QED) is 0.584. The number of ketones is 1. The van der Waals surface area contributed by atoms with Gasteiger partial charge in [-0.3, -0.25) is 4.79 Å². The maximum absolute atomic E-state index is 10.8. The van der Waals surface area contributed by atoms with Gasteiger partial charge in [-0.1, -0.05) is 31.9 Å². The summed E-state index contributed by atoms with van der Waals surface area (Å²) in [7, 11) is 0. The molecule has 1 rings (SSSR count). The van der Waals surface area contributed by atoms with Gasteiger partial charge in [-0.2, -0.15) is 0 Å². The summed E-state index contributed by atoms with van der Waals surface area (Å²) in [5, 5.41) is 0. The Morgan fingerprint density at radius 1 is 1.50 bits per heavy atom. The maximum Gasteiger partial charge on any atom is 0.156 e. The first-order valence-electron chi connectivity index (χ1n) is 4.73. The largest absolute Gasteiger partial charge is 0.295 e. The minimum Gasteiger partial charge on any atom is -0.295 e. The third-order valence-electron chi connectivity index (χ3n) is 2.06. The number of carbonyl (C=O) groups is 1. The Hall–Kier alpha value is -0.850. The first-order valence-corrected chi connectivity index (χ1v) is 4.73. The Morgan fingerprint density at radius 3 is 2.92 bits per heavy atom. The summed E-state index contributed by atoms with van der Waals surface area (Å²) in [5.74, 6) is 0.283. The number of unbranched alkanes of at least 4 members (excludes halogenated alkanes) is 2. The normalized spacial score (nSPS) is 17.4. The second kappa shape index (κ2) is 4.91. The Kier molecular flexibility index (Phi) is 3.78.